The first-order chi connectivity index (χ1) is 13.1. The third-order valence-electron chi connectivity index (χ3n) is 8.40. The van der Waals surface area contributed by atoms with Gasteiger partial charge in [0.2, 0.25) is 0 Å². The van der Waals surface area contributed by atoms with Crippen molar-refractivity contribution in [1.29, 1.82) is 0 Å². The Morgan fingerprint density at radius 3 is 2.15 bits per heavy atom. The Kier molecular flexibility index (Phi) is 6.79. The molecule has 4 fully saturated rings. The summed E-state index contributed by atoms with van der Waals surface area (Å²) in [6.07, 6.45) is 12.5. The van der Waals surface area contributed by atoms with Gasteiger partial charge in [0, 0.05) is 36.8 Å². The van der Waals surface area contributed by atoms with Gasteiger partial charge in [-0.25, -0.2) is 0 Å². The zero-order valence-electron chi connectivity index (χ0n) is 18.1. The standard InChI is InChI=1S/C23H44N4/c1-17-6-9-26(10-7-17)22-14-20(15-22)25-16-23-12-18(2)8-11-27(23)21-5-4-19(13-21)24-3/h17-25H,4-16H2,1-3H3/t18-,19?,20?,21?,22?,23?/m1/s1. The predicted molar refractivity (Wildman–Crippen MR) is 114 cm³/mol. The molecule has 0 spiro atoms. The molecule has 4 heteroatoms. The van der Waals surface area contributed by atoms with Gasteiger partial charge < -0.3 is 15.5 Å². The highest BCUT2D eigenvalue weighted by molar-refractivity contribution is 4.96. The molecule has 0 bridgehead atoms. The predicted octanol–water partition coefficient (Wildman–Crippen LogP) is 3.08. The number of hydrogen-bond acceptors (Lipinski definition) is 4. The van der Waals surface area contributed by atoms with Crippen molar-refractivity contribution in [2.45, 2.75) is 102 Å². The largest absolute Gasteiger partial charge is 0.317 e. The molecular formula is C23H44N4. The number of nitrogens with one attached hydrogen (secondary N) is 2. The fraction of sp³-hybridized carbons (Fsp3) is 1.00. The maximum absolute atomic E-state index is 3.98. The monoisotopic (exact) mass is 376 g/mol. The van der Waals surface area contributed by atoms with Gasteiger partial charge >= 0.3 is 0 Å². The molecule has 27 heavy (non-hydrogen) atoms. The van der Waals surface area contributed by atoms with Gasteiger partial charge in [0.05, 0.1) is 0 Å². The summed E-state index contributed by atoms with van der Waals surface area (Å²) in [7, 11) is 2.14. The lowest BCUT2D eigenvalue weighted by molar-refractivity contribution is 0.0472. The maximum atomic E-state index is 3.98. The second kappa shape index (κ2) is 9.11. The molecule has 4 atom stereocenters. The first-order valence-electron chi connectivity index (χ1n) is 12.0. The highest BCUT2D eigenvalue weighted by Crippen LogP contribution is 2.33. The number of nitrogens with zero attached hydrogens (tertiary/aromatic N) is 2. The third-order valence-corrected chi connectivity index (χ3v) is 8.40. The highest BCUT2D eigenvalue weighted by Gasteiger charge is 2.38. The van der Waals surface area contributed by atoms with Crippen LogP contribution < -0.4 is 10.6 Å². The van der Waals surface area contributed by atoms with Gasteiger partial charge in [-0.2, -0.15) is 0 Å². The van der Waals surface area contributed by atoms with Crippen LogP contribution in [-0.2, 0) is 0 Å². The molecule has 2 saturated heterocycles. The van der Waals surface area contributed by atoms with Crippen LogP contribution >= 0.6 is 0 Å². The lowest BCUT2D eigenvalue weighted by Gasteiger charge is -2.47. The molecular weight excluding hydrogens is 332 g/mol. The Hall–Kier alpha value is -0.160. The molecule has 4 aliphatic rings. The number of hydrogen-bond donors (Lipinski definition) is 2. The molecule has 2 aliphatic carbocycles. The molecule has 2 saturated carbocycles. The molecule has 4 nitrogen and oxygen atoms in total. The molecule has 0 amide bonds. The van der Waals surface area contributed by atoms with Crippen LogP contribution in [0.3, 0.4) is 0 Å². The summed E-state index contributed by atoms with van der Waals surface area (Å²) < 4.78 is 0. The highest BCUT2D eigenvalue weighted by atomic mass is 15.2. The molecule has 4 rings (SSSR count). The summed E-state index contributed by atoms with van der Waals surface area (Å²) in [5.41, 5.74) is 0. The van der Waals surface area contributed by atoms with E-state index in [0.29, 0.717) is 0 Å². The number of piperidine rings is 2. The topological polar surface area (TPSA) is 30.5 Å². The van der Waals surface area contributed by atoms with Gasteiger partial charge in [0.25, 0.3) is 0 Å². The first-order valence-corrected chi connectivity index (χ1v) is 12.0. The minimum absolute atomic E-state index is 0.752. The van der Waals surface area contributed by atoms with Crippen LogP contribution in [0.1, 0.15) is 71.6 Å². The van der Waals surface area contributed by atoms with Gasteiger partial charge in [-0.1, -0.05) is 13.8 Å². The van der Waals surface area contributed by atoms with E-state index in [4.69, 9.17) is 0 Å². The number of likely N-dealkylation sites (tertiary alicyclic amines) is 2. The number of rotatable bonds is 6. The fourth-order valence-corrected chi connectivity index (χ4v) is 6.22. The van der Waals surface area contributed by atoms with E-state index >= 15 is 0 Å². The fourth-order valence-electron chi connectivity index (χ4n) is 6.22. The molecule has 0 aromatic carbocycles. The van der Waals surface area contributed by atoms with Crippen LogP contribution in [0.4, 0.5) is 0 Å². The summed E-state index contributed by atoms with van der Waals surface area (Å²) in [6, 6.07) is 4.00. The van der Waals surface area contributed by atoms with E-state index < -0.39 is 0 Å². The van der Waals surface area contributed by atoms with Gasteiger partial charge in [-0.05, 0) is 96.3 Å². The Morgan fingerprint density at radius 1 is 0.741 bits per heavy atom. The molecule has 156 valence electrons. The van der Waals surface area contributed by atoms with Crippen LogP contribution in [-0.4, -0.2) is 73.2 Å². The second-order valence-electron chi connectivity index (χ2n) is 10.4. The average Bonchev–Trinajstić information content (AvgIpc) is 3.11. The summed E-state index contributed by atoms with van der Waals surface area (Å²) in [5, 5.41) is 7.50. The van der Waals surface area contributed by atoms with E-state index in [2.05, 4.69) is 41.3 Å². The molecule has 2 aliphatic heterocycles. The van der Waals surface area contributed by atoms with Crippen molar-refractivity contribution in [2.24, 2.45) is 11.8 Å². The van der Waals surface area contributed by atoms with Crippen molar-refractivity contribution in [2.75, 3.05) is 33.2 Å². The lowest BCUT2D eigenvalue weighted by Crippen LogP contribution is -2.57. The smallest absolute Gasteiger partial charge is 0.0226 e. The van der Waals surface area contributed by atoms with Crippen LogP contribution in [0.2, 0.25) is 0 Å². The van der Waals surface area contributed by atoms with Gasteiger partial charge in [-0.3, -0.25) is 4.90 Å². The molecule has 3 unspecified atom stereocenters. The first kappa shape index (κ1) is 20.1. The van der Waals surface area contributed by atoms with E-state index in [9.17, 15) is 0 Å². The van der Waals surface area contributed by atoms with E-state index in [0.717, 1.165) is 42.0 Å². The Bertz CT molecular complexity index is 455. The average molecular weight is 377 g/mol. The minimum atomic E-state index is 0.752. The molecule has 0 aromatic rings. The minimum Gasteiger partial charge on any atom is -0.317 e. The van der Waals surface area contributed by atoms with Crippen molar-refractivity contribution in [1.82, 2.24) is 20.4 Å². The lowest BCUT2D eigenvalue weighted by atomic mass is 9.83. The zero-order valence-corrected chi connectivity index (χ0v) is 18.1. The van der Waals surface area contributed by atoms with E-state index in [-0.39, 0.29) is 0 Å². The Balaban J connectivity index is 1.22. The normalized spacial score (nSPS) is 42.3. The third kappa shape index (κ3) is 4.88. The van der Waals surface area contributed by atoms with E-state index in [1.807, 2.05) is 0 Å². The maximum Gasteiger partial charge on any atom is 0.0226 e. The molecule has 0 aromatic heterocycles. The summed E-state index contributed by atoms with van der Waals surface area (Å²) in [5.74, 6) is 1.85. The van der Waals surface area contributed by atoms with Crippen molar-refractivity contribution < 1.29 is 0 Å². The van der Waals surface area contributed by atoms with Gasteiger partial charge in [-0.15, -0.1) is 0 Å². The van der Waals surface area contributed by atoms with Crippen LogP contribution in [0, 0.1) is 11.8 Å². The van der Waals surface area contributed by atoms with Gasteiger partial charge in [0.1, 0.15) is 0 Å². The SMILES string of the molecule is CNC1CCC(N2CC[C@@H](C)CC2CNC2CC(N3CCC(C)CC3)C2)C1. The molecule has 2 N–H and O–H groups in total. The van der Waals surface area contributed by atoms with Gasteiger partial charge in [0.15, 0.2) is 0 Å². The molecule has 0 radical (unpaired) electrons. The van der Waals surface area contributed by atoms with E-state index in [1.54, 1.807) is 0 Å². The summed E-state index contributed by atoms with van der Waals surface area (Å²) in [4.78, 5) is 5.68. The summed E-state index contributed by atoms with van der Waals surface area (Å²) in [6.45, 7) is 10.1. The van der Waals surface area contributed by atoms with Crippen molar-refractivity contribution >= 4 is 0 Å². The van der Waals surface area contributed by atoms with Crippen molar-refractivity contribution in [3.8, 4) is 0 Å². The summed E-state index contributed by atoms with van der Waals surface area (Å²) >= 11 is 0. The van der Waals surface area contributed by atoms with Crippen molar-refractivity contribution in [3.05, 3.63) is 0 Å². The van der Waals surface area contributed by atoms with Crippen LogP contribution in [0.15, 0.2) is 0 Å². The Morgan fingerprint density at radius 2 is 1.44 bits per heavy atom. The molecule has 2 heterocycles. The Labute approximate surface area is 167 Å². The zero-order chi connectivity index (χ0) is 18.8. The van der Waals surface area contributed by atoms with Crippen molar-refractivity contribution in [3.63, 3.8) is 0 Å². The van der Waals surface area contributed by atoms with Crippen LogP contribution in [0.25, 0.3) is 0 Å². The second-order valence-corrected chi connectivity index (χ2v) is 10.4. The quantitative estimate of drug-likeness (QED) is 0.746. The van der Waals surface area contributed by atoms with Crippen LogP contribution in [0.5, 0.6) is 0 Å². The van der Waals surface area contributed by atoms with E-state index in [1.165, 1.54) is 84.0 Å².